The normalized spacial score (nSPS) is 12.1. The molecule has 1 nitrogen and oxygen atoms in total. The van der Waals surface area contributed by atoms with Crippen LogP contribution in [0.5, 0.6) is 0 Å². The van der Waals surface area contributed by atoms with Gasteiger partial charge in [0.15, 0.2) is 11.6 Å². The number of terminal acetylenes is 1. The number of hydrogen-bond acceptors (Lipinski definition) is 2. The van der Waals surface area contributed by atoms with Gasteiger partial charge in [0.25, 0.3) is 0 Å². The lowest BCUT2D eigenvalue weighted by Gasteiger charge is -2.11. The van der Waals surface area contributed by atoms with Crippen LogP contribution in [-0.2, 0) is 0 Å². The van der Waals surface area contributed by atoms with Crippen molar-refractivity contribution < 1.29 is 8.78 Å². The summed E-state index contributed by atoms with van der Waals surface area (Å²) in [6.45, 7) is 3.24. The van der Waals surface area contributed by atoms with Gasteiger partial charge in [-0.2, -0.15) is 0 Å². The summed E-state index contributed by atoms with van der Waals surface area (Å²) in [5.74, 6) is 0.845. The van der Waals surface area contributed by atoms with Gasteiger partial charge in [-0.15, -0.1) is 18.2 Å². The molecule has 0 aromatic heterocycles. The molecule has 4 heteroatoms. The van der Waals surface area contributed by atoms with Crippen molar-refractivity contribution in [1.82, 2.24) is 5.32 Å². The third kappa shape index (κ3) is 4.21. The highest BCUT2D eigenvalue weighted by molar-refractivity contribution is 8.00. The van der Waals surface area contributed by atoms with Gasteiger partial charge >= 0.3 is 0 Å². The molecule has 0 aliphatic carbocycles. The van der Waals surface area contributed by atoms with E-state index >= 15 is 0 Å². The maximum atomic E-state index is 12.9. The summed E-state index contributed by atoms with van der Waals surface area (Å²) in [5.41, 5.74) is 0. The van der Waals surface area contributed by atoms with Crippen molar-refractivity contribution in [2.24, 2.45) is 0 Å². The third-order valence-corrected chi connectivity index (χ3v) is 2.98. The van der Waals surface area contributed by atoms with E-state index in [9.17, 15) is 8.78 Å². The van der Waals surface area contributed by atoms with Crippen LogP contribution in [0, 0.1) is 24.0 Å². The van der Waals surface area contributed by atoms with Gasteiger partial charge in [-0.3, -0.25) is 0 Å². The van der Waals surface area contributed by atoms with Crippen molar-refractivity contribution in [2.45, 2.75) is 17.1 Å². The maximum absolute atomic E-state index is 12.9. The summed E-state index contributed by atoms with van der Waals surface area (Å²) in [4.78, 5) is 0.717. The van der Waals surface area contributed by atoms with Crippen LogP contribution >= 0.6 is 11.8 Å². The quantitative estimate of drug-likeness (QED) is 0.483. The minimum atomic E-state index is -0.817. The number of nitrogens with one attached hydrogen (secondary N) is 1. The Morgan fingerprint density at radius 1 is 1.44 bits per heavy atom. The van der Waals surface area contributed by atoms with E-state index in [1.165, 1.54) is 17.8 Å². The molecule has 0 bridgehead atoms. The lowest BCUT2D eigenvalue weighted by atomic mass is 10.3. The highest BCUT2D eigenvalue weighted by Gasteiger charge is 2.07. The largest absolute Gasteiger partial charge is 0.305 e. The van der Waals surface area contributed by atoms with Crippen LogP contribution in [0.15, 0.2) is 23.1 Å². The molecular formula is C12H13F2NS. The molecule has 0 amide bonds. The molecule has 0 aliphatic heterocycles. The first-order valence-electron chi connectivity index (χ1n) is 4.89. The molecule has 1 aromatic rings. The molecule has 1 N–H and O–H groups in total. The lowest BCUT2D eigenvalue weighted by Crippen LogP contribution is -2.22. The minimum Gasteiger partial charge on any atom is -0.305 e. The fourth-order valence-corrected chi connectivity index (χ4v) is 2.16. The molecule has 1 atom stereocenters. The second kappa shape index (κ2) is 6.51. The zero-order chi connectivity index (χ0) is 12.0. The van der Waals surface area contributed by atoms with E-state index in [1.54, 1.807) is 6.07 Å². The van der Waals surface area contributed by atoms with Crippen LogP contribution in [0.3, 0.4) is 0 Å². The molecule has 0 saturated heterocycles. The molecule has 1 aromatic carbocycles. The van der Waals surface area contributed by atoms with Crippen LogP contribution < -0.4 is 5.32 Å². The van der Waals surface area contributed by atoms with E-state index < -0.39 is 11.6 Å². The Balaban J connectivity index is 2.47. The van der Waals surface area contributed by atoms with Crippen LogP contribution in [0.2, 0.25) is 0 Å². The van der Waals surface area contributed by atoms with Gasteiger partial charge in [0, 0.05) is 16.7 Å². The van der Waals surface area contributed by atoms with Gasteiger partial charge in [-0.1, -0.05) is 12.8 Å². The van der Waals surface area contributed by atoms with Crippen LogP contribution in [0.4, 0.5) is 8.78 Å². The van der Waals surface area contributed by atoms with E-state index in [2.05, 4.69) is 11.2 Å². The van der Waals surface area contributed by atoms with Crippen molar-refractivity contribution >= 4 is 11.8 Å². The van der Waals surface area contributed by atoms with Gasteiger partial charge < -0.3 is 5.32 Å². The zero-order valence-electron chi connectivity index (χ0n) is 8.97. The van der Waals surface area contributed by atoms with Gasteiger partial charge in [0.05, 0.1) is 6.54 Å². The summed E-state index contributed by atoms with van der Waals surface area (Å²) >= 11 is 1.48. The molecule has 0 aliphatic rings. The minimum absolute atomic E-state index is 0.248. The summed E-state index contributed by atoms with van der Waals surface area (Å²) in [5, 5.41) is 3.30. The monoisotopic (exact) mass is 241 g/mol. The second-order valence-electron chi connectivity index (χ2n) is 3.34. The van der Waals surface area contributed by atoms with Crippen molar-refractivity contribution in [2.75, 3.05) is 13.1 Å². The van der Waals surface area contributed by atoms with Crippen LogP contribution in [-0.4, -0.2) is 18.3 Å². The van der Waals surface area contributed by atoms with Gasteiger partial charge in [-0.05, 0) is 18.2 Å². The zero-order valence-corrected chi connectivity index (χ0v) is 9.78. The molecule has 1 unspecified atom stereocenters. The molecule has 0 spiro atoms. The Kier molecular flexibility index (Phi) is 5.30. The molecule has 86 valence electrons. The number of rotatable bonds is 5. The number of benzene rings is 1. The molecule has 0 saturated carbocycles. The molecule has 1 rings (SSSR count). The number of hydrogen-bond donors (Lipinski definition) is 1. The van der Waals surface area contributed by atoms with Crippen molar-refractivity contribution in [1.29, 1.82) is 0 Å². The fourth-order valence-electron chi connectivity index (χ4n) is 1.17. The Bertz CT molecular complexity index is 387. The van der Waals surface area contributed by atoms with Gasteiger partial charge in [0.1, 0.15) is 0 Å². The number of halogens is 2. The lowest BCUT2D eigenvalue weighted by molar-refractivity contribution is 0.506. The topological polar surface area (TPSA) is 12.0 Å². The highest BCUT2D eigenvalue weighted by Crippen LogP contribution is 2.24. The molecule has 0 heterocycles. The summed E-state index contributed by atoms with van der Waals surface area (Å²) < 4.78 is 25.6. The predicted octanol–water partition coefficient (Wildman–Crippen LogP) is 2.67. The van der Waals surface area contributed by atoms with Crippen LogP contribution in [0.25, 0.3) is 0 Å². The summed E-state index contributed by atoms with van der Waals surface area (Å²) in [6, 6.07) is 3.91. The van der Waals surface area contributed by atoms with E-state index in [-0.39, 0.29) is 5.25 Å². The standard InChI is InChI=1S/C12H13F2NS/c1-3-6-15-8-9(2)16-10-4-5-11(13)12(14)7-10/h1,4-5,7,9,15H,6,8H2,2H3. The first kappa shape index (κ1) is 13.0. The Morgan fingerprint density at radius 2 is 2.19 bits per heavy atom. The summed E-state index contributed by atoms with van der Waals surface area (Å²) in [7, 11) is 0. The van der Waals surface area contributed by atoms with E-state index in [4.69, 9.17) is 6.42 Å². The maximum Gasteiger partial charge on any atom is 0.159 e. The van der Waals surface area contributed by atoms with Gasteiger partial charge in [-0.25, -0.2) is 8.78 Å². The Labute approximate surface area is 98.6 Å². The van der Waals surface area contributed by atoms with E-state index in [0.717, 1.165) is 12.6 Å². The Morgan fingerprint density at radius 3 is 2.81 bits per heavy atom. The smallest absolute Gasteiger partial charge is 0.159 e. The van der Waals surface area contributed by atoms with Crippen molar-refractivity contribution in [3.05, 3.63) is 29.8 Å². The predicted molar refractivity (Wildman–Crippen MR) is 63.4 cm³/mol. The van der Waals surface area contributed by atoms with E-state index in [1.807, 2.05) is 6.92 Å². The van der Waals surface area contributed by atoms with Gasteiger partial charge in [0.2, 0.25) is 0 Å². The fraction of sp³-hybridized carbons (Fsp3) is 0.333. The molecular weight excluding hydrogens is 228 g/mol. The highest BCUT2D eigenvalue weighted by atomic mass is 32.2. The Hall–Kier alpha value is -1.05. The average molecular weight is 241 g/mol. The van der Waals surface area contributed by atoms with Crippen LogP contribution in [0.1, 0.15) is 6.92 Å². The third-order valence-electron chi connectivity index (χ3n) is 1.89. The average Bonchev–Trinajstić information content (AvgIpc) is 2.24. The van der Waals surface area contributed by atoms with Crippen molar-refractivity contribution in [3.8, 4) is 12.3 Å². The van der Waals surface area contributed by atoms with E-state index in [0.29, 0.717) is 11.4 Å². The first-order chi connectivity index (χ1) is 7.63. The first-order valence-corrected chi connectivity index (χ1v) is 5.77. The SMILES string of the molecule is C#CCNCC(C)Sc1ccc(F)c(F)c1. The molecule has 0 radical (unpaired) electrons. The molecule has 0 fully saturated rings. The number of thioether (sulfide) groups is 1. The second-order valence-corrected chi connectivity index (χ2v) is 4.85. The summed E-state index contributed by atoms with van der Waals surface area (Å²) in [6.07, 6.45) is 5.09. The van der Waals surface area contributed by atoms with Crippen molar-refractivity contribution in [3.63, 3.8) is 0 Å². The molecule has 16 heavy (non-hydrogen) atoms.